The molecular weight excluding hydrogens is 313 g/mol. The largest absolute Gasteiger partial charge is 0.379 e. The SMILES string of the molecule is Cc1ccc(NC(=O)CCCNc2ccccc2[N+](=O)[O-])c(F)c1. The fourth-order valence-electron chi connectivity index (χ4n) is 2.19. The van der Waals surface area contributed by atoms with Gasteiger partial charge in [-0.05, 0) is 37.1 Å². The molecule has 0 fully saturated rings. The number of rotatable bonds is 7. The Kier molecular flexibility index (Phi) is 5.83. The number of nitro groups is 1. The summed E-state index contributed by atoms with van der Waals surface area (Å²) in [6.45, 7) is 2.16. The van der Waals surface area contributed by atoms with Crippen molar-refractivity contribution in [3.05, 3.63) is 64.0 Å². The highest BCUT2D eigenvalue weighted by Crippen LogP contribution is 2.23. The summed E-state index contributed by atoms with van der Waals surface area (Å²) >= 11 is 0. The lowest BCUT2D eigenvalue weighted by atomic mass is 10.2. The topological polar surface area (TPSA) is 84.3 Å². The molecule has 126 valence electrons. The first-order chi connectivity index (χ1) is 11.5. The maximum atomic E-state index is 13.6. The third-order valence-corrected chi connectivity index (χ3v) is 3.40. The molecule has 0 saturated heterocycles. The first-order valence-corrected chi connectivity index (χ1v) is 7.50. The summed E-state index contributed by atoms with van der Waals surface area (Å²) < 4.78 is 13.6. The van der Waals surface area contributed by atoms with Crippen LogP contribution in [-0.2, 0) is 4.79 Å². The van der Waals surface area contributed by atoms with Crippen LogP contribution in [0.1, 0.15) is 18.4 Å². The number of aryl methyl sites for hydroxylation is 1. The number of carbonyl (C=O) groups is 1. The van der Waals surface area contributed by atoms with Gasteiger partial charge < -0.3 is 10.6 Å². The van der Waals surface area contributed by atoms with Crippen molar-refractivity contribution in [3.63, 3.8) is 0 Å². The summed E-state index contributed by atoms with van der Waals surface area (Å²) in [5, 5.41) is 16.3. The Labute approximate surface area is 138 Å². The van der Waals surface area contributed by atoms with Crippen molar-refractivity contribution >= 4 is 23.0 Å². The molecule has 2 aromatic rings. The highest BCUT2D eigenvalue weighted by Gasteiger charge is 2.12. The lowest BCUT2D eigenvalue weighted by Crippen LogP contribution is -2.14. The van der Waals surface area contributed by atoms with Gasteiger partial charge in [0.2, 0.25) is 5.91 Å². The van der Waals surface area contributed by atoms with E-state index in [0.717, 1.165) is 5.56 Å². The van der Waals surface area contributed by atoms with Gasteiger partial charge in [-0.3, -0.25) is 14.9 Å². The predicted octanol–water partition coefficient (Wildman–Crippen LogP) is 3.87. The Hall–Kier alpha value is -2.96. The predicted molar refractivity (Wildman–Crippen MR) is 90.6 cm³/mol. The number of nitro benzene ring substituents is 1. The normalized spacial score (nSPS) is 10.2. The van der Waals surface area contributed by atoms with Crippen LogP contribution in [0.15, 0.2) is 42.5 Å². The van der Waals surface area contributed by atoms with Crippen molar-refractivity contribution in [1.29, 1.82) is 0 Å². The second kappa shape index (κ2) is 8.05. The van der Waals surface area contributed by atoms with Gasteiger partial charge in [-0.25, -0.2) is 4.39 Å². The van der Waals surface area contributed by atoms with Gasteiger partial charge in [-0.15, -0.1) is 0 Å². The van der Waals surface area contributed by atoms with Gasteiger partial charge >= 0.3 is 0 Å². The zero-order valence-electron chi connectivity index (χ0n) is 13.2. The van der Waals surface area contributed by atoms with E-state index in [1.165, 1.54) is 18.2 Å². The van der Waals surface area contributed by atoms with Gasteiger partial charge in [0.1, 0.15) is 11.5 Å². The molecule has 0 saturated carbocycles. The second-order valence-electron chi connectivity index (χ2n) is 5.34. The van der Waals surface area contributed by atoms with Crippen LogP contribution < -0.4 is 10.6 Å². The molecule has 0 aromatic heterocycles. The molecule has 0 spiro atoms. The van der Waals surface area contributed by atoms with E-state index in [9.17, 15) is 19.3 Å². The molecule has 0 aliphatic heterocycles. The molecule has 2 N–H and O–H groups in total. The Morgan fingerprint density at radius 3 is 2.67 bits per heavy atom. The molecule has 0 radical (unpaired) electrons. The number of para-hydroxylation sites is 2. The maximum absolute atomic E-state index is 13.6. The number of hydrogen-bond acceptors (Lipinski definition) is 4. The quantitative estimate of drug-likeness (QED) is 0.458. The molecule has 0 unspecified atom stereocenters. The fourth-order valence-corrected chi connectivity index (χ4v) is 2.19. The van der Waals surface area contributed by atoms with E-state index < -0.39 is 10.7 Å². The number of anilines is 2. The van der Waals surface area contributed by atoms with E-state index in [2.05, 4.69) is 10.6 Å². The number of halogens is 1. The standard InChI is InChI=1S/C17H18FN3O3/c1-12-8-9-14(13(18)11-12)20-17(22)7-4-10-19-15-5-2-3-6-16(15)21(23)24/h2-3,5-6,8-9,11,19H,4,7,10H2,1H3,(H,20,22). The summed E-state index contributed by atoms with van der Waals surface area (Å²) in [7, 11) is 0. The number of carbonyl (C=O) groups excluding carboxylic acids is 1. The Morgan fingerprint density at radius 2 is 1.96 bits per heavy atom. The first kappa shape index (κ1) is 17.4. The van der Waals surface area contributed by atoms with E-state index in [1.54, 1.807) is 31.2 Å². The van der Waals surface area contributed by atoms with Crippen LogP contribution in [0.5, 0.6) is 0 Å². The second-order valence-corrected chi connectivity index (χ2v) is 5.34. The lowest BCUT2D eigenvalue weighted by Gasteiger charge is -2.08. The van der Waals surface area contributed by atoms with E-state index in [1.807, 2.05) is 0 Å². The van der Waals surface area contributed by atoms with Crippen molar-refractivity contribution in [2.75, 3.05) is 17.2 Å². The third-order valence-electron chi connectivity index (χ3n) is 3.40. The minimum atomic E-state index is -0.471. The van der Waals surface area contributed by atoms with Crippen molar-refractivity contribution in [2.24, 2.45) is 0 Å². The van der Waals surface area contributed by atoms with Crippen molar-refractivity contribution in [2.45, 2.75) is 19.8 Å². The molecule has 24 heavy (non-hydrogen) atoms. The number of hydrogen-bond donors (Lipinski definition) is 2. The zero-order chi connectivity index (χ0) is 17.5. The van der Waals surface area contributed by atoms with Gasteiger partial charge in [0.15, 0.2) is 0 Å². The van der Waals surface area contributed by atoms with Gasteiger partial charge in [0.25, 0.3) is 5.69 Å². The molecule has 6 nitrogen and oxygen atoms in total. The molecular formula is C17H18FN3O3. The lowest BCUT2D eigenvalue weighted by molar-refractivity contribution is -0.384. The van der Waals surface area contributed by atoms with Crippen LogP contribution in [0.3, 0.4) is 0 Å². The molecule has 0 aliphatic carbocycles. The van der Waals surface area contributed by atoms with Crippen LogP contribution in [0, 0.1) is 22.9 Å². The number of nitrogens with one attached hydrogen (secondary N) is 2. The van der Waals surface area contributed by atoms with Gasteiger partial charge in [-0.2, -0.15) is 0 Å². The van der Waals surface area contributed by atoms with Crippen LogP contribution >= 0.6 is 0 Å². The monoisotopic (exact) mass is 331 g/mol. The Bertz CT molecular complexity index is 750. The van der Waals surface area contributed by atoms with Crippen LogP contribution in [-0.4, -0.2) is 17.4 Å². The molecule has 2 aromatic carbocycles. The minimum Gasteiger partial charge on any atom is -0.379 e. The van der Waals surface area contributed by atoms with Gasteiger partial charge in [0.05, 0.1) is 10.6 Å². The summed E-state index contributed by atoms with van der Waals surface area (Å²) in [6.07, 6.45) is 0.645. The van der Waals surface area contributed by atoms with Crippen LogP contribution in [0.25, 0.3) is 0 Å². The minimum absolute atomic E-state index is 0.0105. The maximum Gasteiger partial charge on any atom is 0.292 e. The molecule has 7 heteroatoms. The average Bonchev–Trinajstić information content (AvgIpc) is 2.54. The Balaban J connectivity index is 1.80. The molecule has 0 atom stereocenters. The van der Waals surface area contributed by atoms with Crippen molar-refractivity contribution in [1.82, 2.24) is 0 Å². The average molecular weight is 331 g/mol. The van der Waals surface area contributed by atoms with E-state index >= 15 is 0 Å². The molecule has 0 aliphatic rings. The van der Waals surface area contributed by atoms with E-state index in [-0.39, 0.29) is 23.7 Å². The highest BCUT2D eigenvalue weighted by molar-refractivity contribution is 5.90. The molecule has 0 heterocycles. The molecule has 2 rings (SSSR count). The number of nitrogens with zero attached hydrogens (tertiary/aromatic N) is 1. The third kappa shape index (κ3) is 4.77. The van der Waals surface area contributed by atoms with Crippen LogP contribution in [0.4, 0.5) is 21.5 Å². The van der Waals surface area contributed by atoms with Crippen molar-refractivity contribution < 1.29 is 14.1 Å². The van der Waals surface area contributed by atoms with E-state index in [0.29, 0.717) is 18.7 Å². The fraction of sp³-hybridized carbons (Fsp3) is 0.235. The summed E-state index contributed by atoms with van der Waals surface area (Å²) in [5.74, 6) is -0.775. The molecule has 1 amide bonds. The highest BCUT2D eigenvalue weighted by atomic mass is 19.1. The summed E-state index contributed by atoms with van der Waals surface area (Å²) in [6, 6.07) is 10.9. The summed E-state index contributed by atoms with van der Waals surface area (Å²) in [5.41, 5.74) is 1.33. The van der Waals surface area contributed by atoms with Gasteiger partial charge in [-0.1, -0.05) is 18.2 Å². The summed E-state index contributed by atoms with van der Waals surface area (Å²) in [4.78, 5) is 22.2. The van der Waals surface area contributed by atoms with E-state index in [4.69, 9.17) is 0 Å². The Morgan fingerprint density at radius 1 is 1.21 bits per heavy atom. The van der Waals surface area contributed by atoms with Crippen LogP contribution in [0.2, 0.25) is 0 Å². The molecule has 0 bridgehead atoms. The number of amides is 1. The smallest absolute Gasteiger partial charge is 0.292 e. The van der Waals surface area contributed by atoms with Gasteiger partial charge in [0, 0.05) is 19.0 Å². The van der Waals surface area contributed by atoms with Crippen molar-refractivity contribution in [3.8, 4) is 0 Å². The zero-order valence-corrected chi connectivity index (χ0v) is 13.2. The first-order valence-electron chi connectivity index (χ1n) is 7.50. The number of benzene rings is 2.